The van der Waals surface area contributed by atoms with Crippen LogP contribution in [0.15, 0.2) is 4.99 Å². The molecule has 0 radical (unpaired) electrons. The van der Waals surface area contributed by atoms with E-state index in [-0.39, 0.29) is 0 Å². The van der Waals surface area contributed by atoms with Gasteiger partial charge in [0, 0.05) is 18.3 Å². The summed E-state index contributed by atoms with van der Waals surface area (Å²) >= 11 is 2.06. The van der Waals surface area contributed by atoms with Crippen LogP contribution in [-0.4, -0.2) is 36.6 Å². The van der Waals surface area contributed by atoms with Crippen molar-refractivity contribution < 1.29 is 0 Å². The van der Waals surface area contributed by atoms with Gasteiger partial charge in [0.05, 0.1) is 6.54 Å². The van der Waals surface area contributed by atoms with E-state index in [2.05, 4.69) is 41.2 Å². The van der Waals surface area contributed by atoms with Crippen LogP contribution in [0.4, 0.5) is 0 Å². The molecule has 14 heavy (non-hydrogen) atoms. The molecule has 2 N–H and O–H groups in total. The standard InChI is InChI=1S/C10H21N3S/c1-3-11-10(12-4-2)13-8-9-6-5-7-14-9/h9H,3-8H2,1-2H3,(H2,11,12,13)/t9-/m1/s1. The van der Waals surface area contributed by atoms with E-state index in [1.165, 1.54) is 18.6 Å². The fourth-order valence-electron chi connectivity index (χ4n) is 1.49. The summed E-state index contributed by atoms with van der Waals surface area (Å²) in [5, 5.41) is 7.23. The van der Waals surface area contributed by atoms with E-state index in [1.54, 1.807) is 0 Å². The van der Waals surface area contributed by atoms with Gasteiger partial charge in [0.25, 0.3) is 0 Å². The molecule has 1 aliphatic rings. The van der Waals surface area contributed by atoms with Crippen LogP contribution in [0.25, 0.3) is 0 Å². The molecular formula is C10H21N3S. The Bertz CT molecular complexity index is 168. The summed E-state index contributed by atoms with van der Waals surface area (Å²) in [5.74, 6) is 2.28. The van der Waals surface area contributed by atoms with Crippen molar-refractivity contribution >= 4 is 17.7 Å². The summed E-state index contributed by atoms with van der Waals surface area (Å²) in [5.41, 5.74) is 0. The van der Waals surface area contributed by atoms with Crippen molar-refractivity contribution in [3.63, 3.8) is 0 Å². The molecule has 1 saturated heterocycles. The van der Waals surface area contributed by atoms with Gasteiger partial charge in [0.2, 0.25) is 0 Å². The van der Waals surface area contributed by atoms with Gasteiger partial charge in [0.15, 0.2) is 5.96 Å². The Kier molecular flexibility index (Phi) is 5.83. The summed E-state index contributed by atoms with van der Waals surface area (Å²) in [6.45, 7) is 7.02. The summed E-state index contributed by atoms with van der Waals surface area (Å²) in [7, 11) is 0. The molecule has 0 unspecified atom stereocenters. The maximum Gasteiger partial charge on any atom is 0.191 e. The topological polar surface area (TPSA) is 36.4 Å². The van der Waals surface area contributed by atoms with Gasteiger partial charge in [-0.3, -0.25) is 4.99 Å². The van der Waals surface area contributed by atoms with Gasteiger partial charge in [-0.25, -0.2) is 0 Å². The van der Waals surface area contributed by atoms with E-state index in [0.717, 1.165) is 30.8 Å². The van der Waals surface area contributed by atoms with Crippen LogP contribution in [0.3, 0.4) is 0 Å². The average molecular weight is 215 g/mol. The largest absolute Gasteiger partial charge is 0.357 e. The second-order valence-electron chi connectivity index (χ2n) is 3.38. The fourth-order valence-corrected chi connectivity index (χ4v) is 2.67. The first-order valence-electron chi connectivity index (χ1n) is 5.50. The van der Waals surface area contributed by atoms with Crippen LogP contribution >= 0.6 is 11.8 Å². The lowest BCUT2D eigenvalue weighted by atomic mass is 10.2. The molecule has 3 nitrogen and oxygen atoms in total. The second kappa shape index (κ2) is 6.98. The Morgan fingerprint density at radius 2 is 2.07 bits per heavy atom. The van der Waals surface area contributed by atoms with E-state index >= 15 is 0 Å². The molecule has 0 aromatic rings. The normalized spacial score (nSPS) is 20.6. The van der Waals surface area contributed by atoms with Crippen molar-refractivity contribution in [2.75, 3.05) is 25.4 Å². The molecule has 1 heterocycles. The molecule has 1 rings (SSSR count). The van der Waals surface area contributed by atoms with Gasteiger partial charge in [-0.15, -0.1) is 0 Å². The first kappa shape index (κ1) is 11.7. The van der Waals surface area contributed by atoms with Crippen molar-refractivity contribution in [1.82, 2.24) is 10.6 Å². The molecular weight excluding hydrogens is 194 g/mol. The Morgan fingerprint density at radius 1 is 1.36 bits per heavy atom. The lowest BCUT2D eigenvalue weighted by Gasteiger charge is -2.10. The number of rotatable bonds is 4. The Hall–Kier alpha value is -0.380. The zero-order chi connectivity index (χ0) is 10.2. The van der Waals surface area contributed by atoms with Crippen LogP contribution in [0, 0.1) is 0 Å². The van der Waals surface area contributed by atoms with E-state index in [9.17, 15) is 0 Å². The first-order valence-corrected chi connectivity index (χ1v) is 6.55. The van der Waals surface area contributed by atoms with Gasteiger partial charge in [-0.1, -0.05) is 0 Å². The molecule has 0 aromatic heterocycles. The molecule has 0 spiro atoms. The van der Waals surface area contributed by atoms with Gasteiger partial charge in [-0.05, 0) is 32.4 Å². The highest BCUT2D eigenvalue weighted by molar-refractivity contribution is 8.00. The number of aliphatic imine (C=N–C) groups is 1. The second-order valence-corrected chi connectivity index (χ2v) is 4.79. The number of nitrogens with zero attached hydrogens (tertiary/aromatic N) is 1. The molecule has 1 fully saturated rings. The van der Waals surface area contributed by atoms with E-state index < -0.39 is 0 Å². The minimum atomic E-state index is 0.752. The Balaban J connectivity index is 2.28. The quantitative estimate of drug-likeness (QED) is 0.550. The maximum absolute atomic E-state index is 4.56. The van der Waals surface area contributed by atoms with Crippen LogP contribution in [0.1, 0.15) is 26.7 Å². The van der Waals surface area contributed by atoms with Crippen molar-refractivity contribution in [1.29, 1.82) is 0 Å². The summed E-state index contributed by atoms with van der Waals surface area (Å²) in [6, 6.07) is 0. The molecule has 0 saturated carbocycles. The minimum Gasteiger partial charge on any atom is -0.357 e. The third-order valence-electron chi connectivity index (χ3n) is 2.17. The Morgan fingerprint density at radius 3 is 2.57 bits per heavy atom. The molecule has 1 atom stereocenters. The number of nitrogens with one attached hydrogen (secondary N) is 2. The van der Waals surface area contributed by atoms with E-state index in [4.69, 9.17) is 0 Å². The van der Waals surface area contributed by atoms with Crippen LogP contribution in [0.5, 0.6) is 0 Å². The summed E-state index contributed by atoms with van der Waals surface area (Å²) in [4.78, 5) is 4.56. The predicted octanol–water partition coefficient (Wildman–Crippen LogP) is 1.46. The van der Waals surface area contributed by atoms with Gasteiger partial charge in [-0.2, -0.15) is 11.8 Å². The summed E-state index contributed by atoms with van der Waals surface area (Å²) in [6.07, 6.45) is 2.70. The highest BCUT2D eigenvalue weighted by Crippen LogP contribution is 2.25. The summed E-state index contributed by atoms with van der Waals surface area (Å²) < 4.78 is 0. The number of hydrogen-bond acceptors (Lipinski definition) is 2. The lowest BCUT2D eigenvalue weighted by Crippen LogP contribution is -2.37. The third-order valence-corrected chi connectivity index (χ3v) is 3.55. The molecule has 1 aliphatic heterocycles. The van der Waals surface area contributed by atoms with Crippen molar-refractivity contribution in [2.45, 2.75) is 31.9 Å². The smallest absolute Gasteiger partial charge is 0.191 e. The zero-order valence-electron chi connectivity index (χ0n) is 9.18. The lowest BCUT2D eigenvalue weighted by molar-refractivity contribution is 0.769. The molecule has 0 bridgehead atoms. The molecule has 82 valence electrons. The first-order chi connectivity index (χ1) is 6.86. The maximum atomic E-state index is 4.56. The highest BCUT2D eigenvalue weighted by Gasteiger charge is 2.14. The van der Waals surface area contributed by atoms with E-state index in [0.29, 0.717) is 0 Å². The average Bonchev–Trinajstić information content (AvgIpc) is 2.67. The zero-order valence-corrected chi connectivity index (χ0v) is 9.99. The third kappa shape index (κ3) is 4.22. The van der Waals surface area contributed by atoms with Crippen LogP contribution < -0.4 is 10.6 Å². The van der Waals surface area contributed by atoms with Crippen LogP contribution in [0.2, 0.25) is 0 Å². The van der Waals surface area contributed by atoms with Crippen molar-refractivity contribution in [3.8, 4) is 0 Å². The highest BCUT2D eigenvalue weighted by atomic mass is 32.2. The van der Waals surface area contributed by atoms with Gasteiger partial charge in [0.1, 0.15) is 0 Å². The minimum absolute atomic E-state index is 0.752. The fraction of sp³-hybridized carbons (Fsp3) is 0.900. The molecule has 0 aromatic carbocycles. The Labute approximate surface area is 91.1 Å². The van der Waals surface area contributed by atoms with Crippen molar-refractivity contribution in [3.05, 3.63) is 0 Å². The number of guanidine groups is 1. The monoisotopic (exact) mass is 215 g/mol. The number of hydrogen-bond donors (Lipinski definition) is 2. The molecule has 4 heteroatoms. The predicted molar refractivity (Wildman–Crippen MR) is 65.1 cm³/mol. The number of thioether (sulfide) groups is 1. The van der Waals surface area contributed by atoms with Crippen LogP contribution in [-0.2, 0) is 0 Å². The van der Waals surface area contributed by atoms with Gasteiger partial charge >= 0.3 is 0 Å². The van der Waals surface area contributed by atoms with Crippen molar-refractivity contribution in [2.24, 2.45) is 4.99 Å². The van der Waals surface area contributed by atoms with Gasteiger partial charge < -0.3 is 10.6 Å². The van der Waals surface area contributed by atoms with E-state index in [1.807, 2.05) is 0 Å². The molecule has 0 amide bonds. The SMILES string of the molecule is CCNC(=NC[C@H]1CCCS1)NCC. The molecule has 0 aliphatic carbocycles.